The summed E-state index contributed by atoms with van der Waals surface area (Å²) in [5.41, 5.74) is 16.8. The van der Waals surface area contributed by atoms with Crippen molar-refractivity contribution in [1.29, 1.82) is 0 Å². The lowest BCUT2D eigenvalue weighted by Crippen LogP contribution is -1.91. The zero-order valence-electron chi connectivity index (χ0n) is 33.5. The van der Waals surface area contributed by atoms with Crippen molar-refractivity contribution >= 4 is 53.4 Å². The van der Waals surface area contributed by atoms with Crippen LogP contribution >= 0.6 is 11.3 Å². The number of hydrogen-bond donors (Lipinski definition) is 0. The highest BCUT2D eigenvalue weighted by Gasteiger charge is 2.15. The Bertz CT molecular complexity index is 3660. The zero-order chi connectivity index (χ0) is 41.0. The third kappa shape index (κ3) is 6.46. The first-order valence-electron chi connectivity index (χ1n) is 20.9. The van der Waals surface area contributed by atoms with Crippen LogP contribution in [0.5, 0.6) is 0 Å². The van der Waals surface area contributed by atoms with Gasteiger partial charge in [0, 0.05) is 48.3 Å². The van der Waals surface area contributed by atoms with Crippen LogP contribution < -0.4 is 0 Å². The van der Waals surface area contributed by atoms with Gasteiger partial charge >= 0.3 is 0 Å². The average Bonchev–Trinajstić information content (AvgIpc) is 3.92. The first-order chi connectivity index (χ1) is 30.7. The maximum atomic E-state index is 6.10. The first kappa shape index (κ1) is 36.0. The Hall–Kier alpha value is -7.92. The van der Waals surface area contributed by atoms with Gasteiger partial charge in [-0.15, -0.1) is 11.3 Å². The summed E-state index contributed by atoms with van der Waals surface area (Å²) in [7, 11) is 0. The molecule has 9 aromatic carbocycles. The molecule has 3 nitrogen and oxygen atoms in total. The Morgan fingerprint density at radius 1 is 0.339 bits per heavy atom. The SMILES string of the molecule is c1ccc(-c2nccc(-c3cccc4c3sc3cc(-c5cccc(-c6cccc(-c7cccc(-c8cccc(-c9ccc%10oc%11ccccc%11c%10c9)c8)c7)c6)c5)ccc34)n2)cc1. The average molecular weight is 809 g/mol. The first-order valence-corrected chi connectivity index (χ1v) is 21.7. The van der Waals surface area contributed by atoms with Crippen LogP contribution in [0.1, 0.15) is 0 Å². The smallest absolute Gasteiger partial charge is 0.159 e. The molecule has 12 aromatic rings. The molecule has 0 unspecified atom stereocenters. The second kappa shape index (κ2) is 15.0. The Balaban J connectivity index is 0.838. The molecule has 0 amide bonds. The molecule has 0 spiro atoms. The summed E-state index contributed by atoms with van der Waals surface area (Å²) in [4.78, 5) is 9.58. The van der Waals surface area contributed by atoms with Crippen molar-refractivity contribution < 1.29 is 4.42 Å². The molecule has 0 aliphatic heterocycles. The van der Waals surface area contributed by atoms with Crippen LogP contribution in [0.25, 0.3) is 120 Å². The lowest BCUT2D eigenvalue weighted by molar-refractivity contribution is 0.669. The van der Waals surface area contributed by atoms with Gasteiger partial charge in [0.05, 0.1) is 5.69 Å². The Morgan fingerprint density at radius 3 is 1.48 bits per heavy atom. The summed E-state index contributed by atoms with van der Waals surface area (Å²) >= 11 is 1.83. The monoisotopic (exact) mass is 808 g/mol. The fourth-order valence-electron chi connectivity index (χ4n) is 8.83. The second-order valence-electron chi connectivity index (χ2n) is 15.8. The van der Waals surface area contributed by atoms with Crippen molar-refractivity contribution in [2.75, 3.05) is 0 Å². The predicted octanol–water partition coefficient (Wildman–Crippen LogP) is 16.4. The molecule has 0 N–H and O–H groups in total. The van der Waals surface area contributed by atoms with Gasteiger partial charge in [0.1, 0.15) is 11.2 Å². The van der Waals surface area contributed by atoms with Crippen molar-refractivity contribution in [1.82, 2.24) is 9.97 Å². The van der Waals surface area contributed by atoms with Gasteiger partial charge in [0.2, 0.25) is 0 Å². The molecule has 0 aliphatic rings. The molecule has 0 aliphatic carbocycles. The Morgan fingerprint density at radius 2 is 0.839 bits per heavy atom. The molecule has 0 fully saturated rings. The van der Waals surface area contributed by atoms with E-state index in [-0.39, 0.29) is 0 Å². The number of nitrogens with zero attached hydrogens (tertiary/aromatic N) is 2. The topological polar surface area (TPSA) is 38.9 Å². The molecular weight excluding hydrogens is 773 g/mol. The molecule has 4 heteroatoms. The predicted molar refractivity (Wildman–Crippen MR) is 260 cm³/mol. The fraction of sp³-hybridized carbons (Fsp3) is 0. The molecule has 62 heavy (non-hydrogen) atoms. The van der Waals surface area contributed by atoms with E-state index in [4.69, 9.17) is 9.40 Å². The minimum atomic E-state index is 0.735. The van der Waals surface area contributed by atoms with E-state index in [1.807, 2.05) is 53.9 Å². The number of thiophene rings is 1. The van der Waals surface area contributed by atoms with Crippen LogP contribution in [-0.2, 0) is 0 Å². The van der Waals surface area contributed by atoms with Crippen molar-refractivity contribution in [3.8, 4) is 78.3 Å². The molecule has 0 bridgehead atoms. The maximum Gasteiger partial charge on any atom is 0.159 e. The van der Waals surface area contributed by atoms with E-state index in [2.05, 4.69) is 181 Å². The number of benzene rings is 9. The van der Waals surface area contributed by atoms with Gasteiger partial charge < -0.3 is 4.42 Å². The highest BCUT2D eigenvalue weighted by Crippen LogP contribution is 2.42. The molecule has 290 valence electrons. The minimum absolute atomic E-state index is 0.735. The van der Waals surface area contributed by atoms with E-state index in [1.54, 1.807) is 0 Å². The third-order valence-electron chi connectivity index (χ3n) is 12.0. The van der Waals surface area contributed by atoms with Crippen LogP contribution in [0.15, 0.2) is 223 Å². The molecule has 0 atom stereocenters. The molecule has 0 radical (unpaired) electrons. The van der Waals surface area contributed by atoms with Crippen molar-refractivity contribution in [3.05, 3.63) is 219 Å². The quantitative estimate of drug-likeness (QED) is 0.161. The van der Waals surface area contributed by atoms with Crippen LogP contribution in [0.3, 0.4) is 0 Å². The largest absolute Gasteiger partial charge is 0.456 e. The van der Waals surface area contributed by atoms with Crippen LogP contribution in [-0.4, -0.2) is 9.97 Å². The van der Waals surface area contributed by atoms with E-state index in [1.165, 1.54) is 75.8 Å². The van der Waals surface area contributed by atoms with Gasteiger partial charge in [-0.3, -0.25) is 0 Å². The summed E-state index contributed by atoms with van der Waals surface area (Å²) in [6.45, 7) is 0. The zero-order valence-corrected chi connectivity index (χ0v) is 34.3. The second-order valence-corrected chi connectivity index (χ2v) is 16.8. The molecular formula is C58H36N2OS. The Kier molecular flexibility index (Phi) is 8.68. The molecule has 0 saturated carbocycles. The van der Waals surface area contributed by atoms with E-state index >= 15 is 0 Å². The normalized spacial score (nSPS) is 11.5. The lowest BCUT2D eigenvalue weighted by atomic mass is 9.94. The minimum Gasteiger partial charge on any atom is -0.456 e. The number of furan rings is 1. The van der Waals surface area contributed by atoms with Crippen LogP contribution in [0.2, 0.25) is 0 Å². The molecule has 3 aromatic heterocycles. The van der Waals surface area contributed by atoms with E-state index < -0.39 is 0 Å². The lowest BCUT2D eigenvalue weighted by Gasteiger charge is -2.11. The molecule has 0 saturated heterocycles. The number of aromatic nitrogens is 2. The van der Waals surface area contributed by atoms with Gasteiger partial charge in [-0.1, -0.05) is 158 Å². The highest BCUT2D eigenvalue weighted by atomic mass is 32.1. The number of para-hydroxylation sites is 1. The molecule has 12 rings (SSSR count). The maximum absolute atomic E-state index is 6.10. The fourth-order valence-corrected chi connectivity index (χ4v) is 10.1. The Labute approximate surface area is 362 Å². The summed E-state index contributed by atoms with van der Waals surface area (Å²) < 4.78 is 8.60. The third-order valence-corrected chi connectivity index (χ3v) is 13.2. The van der Waals surface area contributed by atoms with Gasteiger partial charge in [0.15, 0.2) is 5.82 Å². The van der Waals surface area contributed by atoms with Crippen molar-refractivity contribution in [2.24, 2.45) is 0 Å². The number of rotatable bonds is 7. The summed E-state index contributed by atoms with van der Waals surface area (Å²) in [5.74, 6) is 0.735. The number of fused-ring (bicyclic) bond motifs is 6. The highest BCUT2D eigenvalue weighted by molar-refractivity contribution is 7.26. The number of hydrogen-bond acceptors (Lipinski definition) is 4. The van der Waals surface area contributed by atoms with Crippen molar-refractivity contribution in [2.45, 2.75) is 0 Å². The van der Waals surface area contributed by atoms with Gasteiger partial charge in [0.25, 0.3) is 0 Å². The van der Waals surface area contributed by atoms with Crippen LogP contribution in [0.4, 0.5) is 0 Å². The van der Waals surface area contributed by atoms with Gasteiger partial charge in [-0.05, 0) is 110 Å². The van der Waals surface area contributed by atoms with E-state index in [9.17, 15) is 0 Å². The summed E-state index contributed by atoms with van der Waals surface area (Å²) in [5, 5.41) is 4.79. The van der Waals surface area contributed by atoms with Gasteiger partial charge in [-0.25, -0.2) is 9.97 Å². The van der Waals surface area contributed by atoms with Crippen molar-refractivity contribution in [3.63, 3.8) is 0 Å². The van der Waals surface area contributed by atoms with Gasteiger partial charge in [-0.2, -0.15) is 0 Å². The van der Waals surface area contributed by atoms with E-state index in [0.717, 1.165) is 44.6 Å². The van der Waals surface area contributed by atoms with Crippen LogP contribution in [0, 0.1) is 0 Å². The summed E-state index contributed by atoms with van der Waals surface area (Å²) in [6.07, 6.45) is 1.86. The standard InChI is InChI=1S/C58H36N2OS/c1-2-11-37(12-3-1)58-59-30-29-53(60-58)51-23-10-22-50-49-27-25-47(36-56(49)62-57(50)51)45-20-9-18-43(34-45)41-16-7-14-39(32-41)38-13-6-15-40(31-38)42-17-8-19-44(33-42)46-26-28-55-52(35-46)48-21-4-5-24-54(48)61-55/h1-36H. The summed E-state index contributed by atoms with van der Waals surface area (Å²) in [6, 6.07) is 75.9. The van der Waals surface area contributed by atoms with E-state index in [0.29, 0.717) is 0 Å². The molecule has 3 heterocycles.